The predicted octanol–water partition coefficient (Wildman–Crippen LogP) is 10.5. The first kappa shape index (κ1) is 41.1. The van der Waals surface area contributed by atoms with Gasteiger partial charge in [-0.05, 0) is 64.5 Å². The fourth-order valence-corrected chi connectivity index (χ4v) is 21.0. The summed E-state index contributed by atoms with van der Waals surface area (Å²) in [7, 11) is -4.12. The second-order valence-electron chi connectivity index (χ2n) is 17.1. The molecule has 3 aliphatic rings. The van der Waals surface area contributed by atoms with E-state index in [1.807, 2.05) is 18.2 Å². The molecular formula is C40H72O7Si2. The van der Waals surface area contributed by atoms with Crippen LogP contribution in [-0.2, 0) is 39.1 Å². The molecular weight excluding hydrogens is 649 g/mol. The highest BCUT2D eigenvalue weighted by Crippen LogP contribution is 2.51. The first-order valence-corrected chi connectivity index (χ1v) is 24.0. The maximum absolute atomic E-state index is 7.18. The van der Waals surface area contributed by atoms with Gasteiger partial charge in [0.25, 0.3) is 0 Å². The molecule has 0 aromatic heterocycles. The van der Waals surface area contributed by atoms with Crippen LogP contribution in [-0.4, -0.2) is 72.9 Å². The van der Waals surface area contributed by atoms with Crippen LogP contribution >= 0.6 is 0 Å². The molecule has 7 nitrogen and oxygen atoms in total. The summed E-state index contributed by atoms with van der Waals surface area (Å²) >= 11 is 0. The van der Waals surface area contributed by atoms with Crippen LogP contribution in [0.2, 0.25) is 33.2 Å². The van der Waals surface area contributed by atoms with Crippen LogP contribution in [0.4, 0.5) is 0 Å². The topological polar surface area (TPSA) is 64.6 Å². The molecule has 1 aromatic carbocycles. The van der Waals surface area contributed by atoms with Gasteiger partial charge in [0.05, 0.1) is 45.2 Å². The first-order valence-electron chi connectivity index (χ1n) is 19.7. The Hall–Kier alpha value is -0.626. The summed E-state index contributed by atoms with van der Waals surface area (Å²) in [5, 5.41) is 0. The van der Waals surface area contributed by atoms with E-state index in [2.05, 4.69) is 95.2 Å². The summed E-state index contributed by atoms with van der Waals surface area (Å²) in [4.78, 5) is 0. The minimum atomic E-state index is -2.07. The summed E-state index contributed by atoms with van der Waals surface area (Å²) in [5.41, 5.74) is 4.23. The van der Waals surface area contributed by atoms with E-state index in [1.54, 1.807) is 0 Å². The summed E-state index contributed by atoms with van der Waals surface area (Å²) in [5.74, 6) is -2.02. The van der Waals surface area contributed by atoms with Gasteiger partial charge in [-0.25, -0.2) is 0 Å². The van der Waals surface area contributed by atoms with Crippen LogP contribution in [0.25, 0.3) is 0 Å². The smallest absolute Gasteiger partial charge is 0.224 e. The SMILES string of the molecule is CC(C)[Si](OC[C@H]1CCC[C@@]2(O1)O[C@@H](COCc1ccccc1)CO[C@]21CCC[C@H](CO[Si](C(C)C)(C(C)C)C(C)C)O1)(C(C)C)C(C)C. The summed E-state index contributed by atoms with van der Waals surface area (Å²) < 4.78 is 48.7. The largest absolute Gasteiger partial charge is 0.413 e. The van der Waals surface area contributed by atoms with E-state index in [0.29, 0.717) is 66.3 Å². The Kier molecular flexibility index (Phi) is 14.7. The van der Waals surface area contributed by atoms with Crippen LogP contribution in [0.1, 0.15) is 127 Å². The van der Waals surface area contributed by atoms with Gasteiger partial charge in [-0.1, -0.05) is 113 Å². The number of rotatable bonds is 16. The van der Waals surface area contributed by atoms with Crippen LogP contribution in [0.5, 0.6) is 0 Å². The number of benzene rings is 1. The second kappa shape index (κ2) is 17.5. The van der Waals surface area contributed by atoms with Crippen LogP contribution in [0.3, 0.4) is 0 Å². The Balaban J connectivity index is 1.56. The minimum absolute atomic E-state index is 0.0775. The molecule has 3 fully saturated rings. The van der Waals surface area contributed by atoms with E-state index in [9.17, 15) is 0 Å². The van der Waals surface area contributed by atoms with Crippen molar-refractivity contribution >= 4 is 16.6 Å². The molecule has 5 atom stereocenters. The summed E-state index contributed by atoms with van der Waals surface area (Å²) in [6, 6.07) is 10.3. The van der Waals surface area contributed by atoms with Crippen molar-refractivity contribution in [3.05, 3.63) is 35.9 Å². The molecule has 0 bridgehead atoms. The van der Waals surface area contributed by atoms with E-state index in [0.717, 1.165) is 44.1 Å². The predicted molar refractivity (Wildman–Crippen MR) is 204 cm³/mol. The molecule has 3 aliphatic heterocycles. The van der Waals surface area contributed by atoms with Gasteiger partial charge in [0.15, 0.2) is 16.6 Å². The molecule has 0 unspecified atom stereocenters. The lowest BCUT2D eigenvalue weighted by Gasteiger charge is -2.58. The van der Waals surface area contributed by atoms with Crippen molar-refractivity contribution in [3.63, 3.8) is 0 Å². The second-order valence-corrected chi connectivity index (χ2v) is 28.0. The zero-order chi connectivity index (χ0) is 36.0. The van der Waals surface area contributed by atoms with Crippen molar-refractivity contribution in [2.75, 3.05) is 26.4 Å². The first-order chi connectivity index (χ1) is 23.1. The van der Waals surface area contributed by atoms with Crippen molar-refractivity contribution in [1.82, 2.24) is 0 Å². The third-order valence-electron chi connectivity index (χ3n) is 12.1. The van der Waals surface area contributed by atoms with Crippen molar-refractivity contribution in [2.45, 2.75) is 191 Å². The Labute approximate surface area is 302 Å². The van der Waals surface area contributed by atoms with Gasteiger partial charge in [-0.15, -0.1) is 0 Å². The highest BCUT2D eigenvalue weighted by Gasteiger charge is 2.64. The molecule has 3 saturated heterocycles. The third-order valence-corrected chi connectivity index (χ3v) is 24.2. The molecule has 49 heavy (non-hydrogen) atoms. The van der Waals surface area contributed by atoms with E-state index >= 15 is 0 Å². The average Bonchev–Trinajstić information content (AvgIpc) is 3.03. The molecule has 3 heterocycles. The average molecular weight is 721 g/mol. The normalized spacial score (nSPS) is 28.7. The van der Waals surface area contributed by atoms with Crippen LogP contribution in [0, 0.1) is 0 Å². The monoisotopic (exact) mass is 720 g/mol. The number of hydrogen-bond donors (Lipinski definition) is 0. The molecule has 9 heteroatoms. The Morgan fingerprint density at radius 2 is 1.02 bits per heavy atom. The lowest BCUT2D eigenvalue weighted by atomic mass is 9.87. The van der Waals surface area contributed by atoms with Gasteiger partial charge < -0.3 is 32.5 Å². The van der Waals surface area contributed by atoms with E-state index in [1.165, 1.54) is 0 Å². The quantitative estimate of drug-likeness (QED) is 0.158. The Morgan fingerprint density at radius 1 is 0.592 bits per heavy atom. The highest BCUT2D eigenvalue weighted by molar-refractivity contribution is 6.78. The fraction of sp³-hybridized carbons (Fsp3) is 0.850. The van der Waals surface area contributed by atoms with Crippen molar-refractivity contribution in [3.8, 4) is 0 Å². The molecule has 4 rings (SSSR count). The van der Waals surface area contributed by atoms with Gasteiger partial charge >= 0.3 is 0 Å². The molecule has 0 aliphatic carbocycles. The van der Waals surface area contributed by atoms with E-state index in [-0.39, 0.29) is 18.3 Å². The van der Waals surface area contributed by atoms with Gasteiger partial charge in [0, 0.05) is 12.8 Å². The zero-order valence-electron chi connectivity index (χ0n) is 33.2. The third kappa shape index (κ3) is 8.78. The van der Waals surface area contributed by atoms with Gasteiger partial charge in [0.1, 0.15) is 6.10 Å². The number of hydrogen-bond acceptors (Lipinski definition) is 7. The Morgan fingerprint density at radius 3 is 1.49 bits per heavy atom. The molecule has 0 radical (unpaired) electrons. The molecule has 1 aromatic rings. The van der Waals surface area contributed by atoms with E-state index in [4.69, 9.17) is 32.5 Å². The van der Waals surface area contributed by atoms with Gasteiger partial charge in [-0.3, -0.25) is 0 Å². The standard InChI is InChI=1S/C40H72O7Si2/c1-29(2)48(30(3)4,31(5)6)43-27-36-20-16-22-39(45-36)40(47-38(26-42-39)25-41-24-35-18-14-13-15-19-35)23-17-21-37(46-40)28-44-49(32(7)8,33(9)10)34(11)12/h13-15,18-19,29-34,36-38H,16-17,20-28H2,1-12H3/t36-,37-,38+,39+,40-/m1/s1. The summed E-state index contributed by atoms with van der Waals surface area (Å²) in [6.45, 7) is 30.7. The summed E-state index contributed by atoms with van der Waals surface area (Å²) in [6.07, 6.45) is 4.85. The van der Waals surface area contributed by atoms with Crippen molar-refractivity contribution in [2.24, 2.45) is 0 Å². The maximum Gasteiger partial charge on any atom is 0.224 e. The van der Waals surface area contributed by atoms with Crippen LogP contribution < -0.4 is 0 Å². The van der Waals surface area contributed by atoms with Gasteiger partial charge in [-0.2, -0.15) is 0 Å². The van der Waals surface area contributed by atoms with Gasteiger partial charge in [0.2, 0.25) is 11.6 Å². The molecule has 0 N–H and O–H groups in total. The number of ether oxygens (including phenoxy) is 5. The lowest BCUT2D eigenvalue weighted by molar-refractivity contribution is -0.483. The lowest BCUT2D eigenvalue weighted by Crippen LogP contribution is -2.70. The molecule has 2 spiro atoms. The Bertz CT molecular complexity index is 1090. The molecule has 0 amide bonds. The molecule has 0 saturated carbocycles. The van der Waals surface area contributed by atoms with E-state index < -0.39 is 28.2 Å². The molecule has 282 valence electrons. The number of fused-ring (bicyclic) bond motifs is 1. The van der Waals surface area contributed by atoms with Crippen LogP contribution in [0.15, 0.2) is 30.3 Å². The van der Waals surface area contributed by atoms with Crippen molar-refractivity contribution < 1.29 is 32.5 Å². The highest BCUT2D eigenvalue weighted by atomic mass is 28.4. The van der Waals surface area contributed by atoms with Crippen molar-refractivity contribution in [1.29, 1.82) is 0 Å². The zero-order valence-corrected chi connectivity index (χ0v) is 35.2. The minimum Gasteiger partial charge on any atom is -0.413 e. The maximum atomic E-state index is 7.18. The fourth-order valence-electron chi connectivity index (χ4n) is 10.1.